The fourth-order valence-electron chi connectivity index (χ4n) is 1.32. The van der Waals surface area contributed by atoms with Gasteiger partial charge in [0.2, 0.25) is 5.39 Å². The van der Waals surface area contributed by atoms with Crippen LogP contribution < -0.4 is 4.74 Å². The first-order valence-electron chi connectivity index (χ1n) is 5.67. The van der Waals surface area contributed by atoms with Crippen molar-refractivity contribution >= 4 is 16.1 Å². The van der Waals surface area contributed by atoms with Crippen molar-refractivity contribution in [2.75, 3.05) is 0 Å². The average Bonchev–Trinajstić information content (AvgIpc) is 2.40. The van der Waals surface area contributed by atoms with Crippen LogP contribution in [0.2, 0.25) is 0 Å². The molecule has 0 spiro atoms. The highest BCUT2D eigenvalue weighted by atomic mass is 32.3. The molecule has 0 amide bonds. The second-order valence-electron chi connectivity index (χ2n) is 3.96. The number of nitrogens with zero attached hydrogens (tertiary/aromatic N) is 2. The Morgan fingerprint density at radius 2 is 1.33 bits per heavy atom. The van der Waals surface area contributed by atoms with Crippen molar-refractivity contribution in [2.45, 2.75) is 6.92 Å². The molecule has 0 aromatic heterocycles. The van der Waals surface area contributed by atoms with Gasteiger partial charge in [-0.2, -0.15) is 8.42 Å². The molecule has 0 saturated heterocycles. The lowest BCUT2D eigenvalue weighted by molar-refractivity contribution is 0.381. The van der Waals surface area contributed by atoms with Crippen LogP contribution in [0, 0.1) is 12.3 Å². The Balaban J connectivity index is 0.000000383. The molecule has 2 N–H and O–H groups in total. The molecule has 0 radical (unpaired) electrons. The predicted molar refractivity (Wildman–Crippen MR) is 76.6 cm³/mol. The molecular formula is C13H13N2O5S+. The maximum absolute atomic E-state index is 8.74. The van der Waals surface area contributed by atoms with Gasteiger partial charge >= 0.3 is 16.1 Å². The summed E-state index contributed by atoms with van der Waals surface area (Å²) in [4.78, 5) is 3.07. The molecule has 0 aliphatic carbocycles. The molecule has 0 saturated carbocycles. The maximum Gasteiger partial charge on any atom is 0.394 e. The number of ether oxygens (including phenoxy) is 1. The highest BCUT2D eigenvalue weighted by molar-refractivity contribution is 7.79. The number of hydrogen-bond acceptors (Lipinski definition) is 4. The van der Waals surface area contributed by atoms with Crippen LogP contribution in [0.5, 0.6) is 11.5 Å². The van der Waals surface area contributed by atoms with Crippen LogP contribution in [0.4, 0.5) is 5.69 Å². The summed E-state index contributed by atoms with van der Waals surface area (Å²) in [5, 5.41) is 8.53. The number of hydrogen-bond donors (Lipinski definition) is 2. The zero-order valence-electron chi connectivity index (χ0n) is 11.0. The van der Waals surface area contributed by atoms with Gasteiger partial charge < -0.3 is 4.74 Å². The minimum Gasteiger partial charge on any atom is -0.457 e. The Labute approximate surface area is 122 Å². The monoisotopic (exact) mass is 309 g/mol. The minimum absolute atomic E-state index is 0.510. The summed E-state index contributed by atoms with van der Waals surface area (Å²) in [6.45, 7) is 2.03. The zero-order chi connectivity index (χ0) is 15.9. The standard InChI is InChI=1S/C13H11N2O.H2O4S/c1-10-2-6-12(7-3-10)16-13-8-4-11(15-14)5-9-13;1-5(2,3)4/h2-9H,1H3;(H2,1,2,3,4)/q+1;. The third-order valence-electron chi connectivity index (χ3n) is 2.21. The fraction of sp³-hybridized carbons (Fsp3) is 0.0769. The van der Waals surface area contributed by atoms with E-state index in [-0.39, 0.29) is 0 Å². The van der Waals surface area contributed by atoms with E-state index < -0.39 is 10.4 Å². The topological polar surface area (TPSA) is 112 Å². The van der Waals surface area contributed by atoms with Crippen molar-refractivity contribution in [1.29, 1.82) is 5.39 Å². The summed E-state index contributed by atoms with van der Waals surface area (Å²) in [5.41, 5.74) is 1.71. The van der Waals surface area contributed by atoms with Crippen LogP contribution in [0.25, 0.3) is 4.98 Å². The van der Waals surface area contributed by atoms with Crippen molar-refractivity contribution in [3.63, 3.8) is 0 Å². The molecule has 0 fully saturated rings. The van der Waals surface area contributed by atoms with Crippen LogP contribution >= 0.6 is 0 Å². The Morgan fingerprint density at radius 1 is 0.952 bits per heavy atom. The molecule has 110 valence electrons. The molecule has 8 heteroatoms. The van der Waals surface area contributed by atoms with E-state index in [0.29, 0.717) is 5.69 Å². The highest BCUT2D eigenvalue weighted by Gasteiger charge is 2.03. The van der Waals surface area contributed by atoms with Gasteiger partial charge in [-0.25, -0.2) is 0 Å². The lowest BCUT2D eigenvalue weighted by Crippen LogP contribution is -1.89. The Hall–Kier alpha value is -2.47. The minimum atomic E-state index is -4.67. The van der Waals surface area contributed by atoms with Gasteiger partial charge in [0.1, 0.15) is 11.5 Å². The SMILES string of the molecule is Cc1ccc(Oc2ccc([N+]#N)cc2)cc1.O=S(=O)(O)O. The number of diazo groups is 1. The van der Waals surface area contributed by atoms with Gasteiger partial charge in [0, 0.05) is 12.1 Å². The van der Waals surface area contributed by atoms with Gasteiger partial charge in [-0.15, -0.1) is 0 Å². The number of benzene rings is 2. The van der Waals surface area contributed by atoms with Crippen LogP contribution in [0.15, 0.2) is 48.5 Å². The third-order valence-corrected chi connectivity index (χ3v) is 2.21. The smallest absolute Gasteiger partial charge is 0.394 e. The first-order chi connectivity index (χ1) is 9.78. The lowest BCUT2D eigenvalue weighted by Gasteiger charge is -2.04. The van der Waals surface area contributed by atoms with E-state index in [1.807, 2.05) is 31.2 Å². The Morgan fingerprint density at radius 3 is 1.71 bits per heavy atom. The van der Waals surface area contributed by atoms with Gasteiger partial charge in [0.25, 0.3) is 0 Å². The first-order valence-corrected chi connectivity index (χ1v) is 7.07. The molecule has 0 atom stereocenters. The van der Waals surface area contributed by atoms with Crippen molar-refractivity contribution < 1.29 is 22.3 Å². The fourth-order valence-corrected chi connectivity index (χ4v) is 1.32. The van der Waals surface area contributed by atoms with Crippen molar-refractivity contribution in [1.82, 2.24) is 0 Å². The van der Waals surface area contributed by atoms with Crippen LogP contribution in [0.3, 0.4) is 0 Å². The Bertz CT molecular complexity index is 711. The molecule has 21 heavy (non-hydrogen) atoms. The summed E-state index contributed by atoms with van der Waals surface area (Å²) in [6.07, 6.45) is 0. The van der Waals surface area contributed by atoms with Gasteiger partial charge in [-0.05, 0) is 31.2 Å². The first kappa shape index (κ1) is 16.6. The summed E-state index contributed by atoms with van der Waals surface area (Å²) in [6, 6.07) is 14.7. The van der Waals surface area contributed by atoms with Gasteiger partial charge in [0.05, 0.1) is 0 Å². The molecule has 0 unspecified atom stereocenters. The molecule has 2 aromatic rings. The summed E-state index contributed by atoms with van der Waals surface area (Å²) < 4.78 is 37.2. The van der Waals surface area contributed by atoms with E-state index in [0.717, 1.165) is 11.5 Å². The van der Waals surface area contributed by atoms with Gasteiger partial charge in [0.15, 0.2) is 4.98 Å². The summed E-state index contributed by atoms with van der Waals surface area (Å²) in [5.74, 6) is 1.51. The third kappa shape index (κ3) is 7.64. The highest BCUT2D eigenvalue weighted by Crippen LogP contribution is 2.23. The maximum atomic E-state index is 8.74. The average molecular weight is 309 g/mol. The summed E-state index contributed by atoms with van der Waals surface area (Å²) >= 11 is 0. The van der Waals surface area contributed by atoms with Gasteiger partial charge in [-0.1, -0.05) is 17.7 Å². The van der Waals surface area contributed by atoms with E-state index in [1.54, 1.807) is 24.3 Å². The number of aryl methyl sites for hydroxylation is 1. The van der Waals surface area contributed by atoms with Crippen molar-refractivity contribution in [3.05, 3.63) is 59.1 Å². The van der Waals surface area contributed by atoms with E-state index in [1.165, 1.54) is 5.56 Å². The number of rotatable bonds is 2. The summed E-state index contributed by atoms with van der Waals surface area (Å²) in [7, 11) is -4.67. The van der Waals surface area contributed by atoms with Crippen LogP contribution in [0.1, 0.15) is 5.56 Å². The van der Waals surface area contributed by atoms with Crippen molar-refractivity contribution in [3.8, 4) is 11.5 Å². The predicted octanol–water partition coefficient (Wildman–Crippen LogP) is 3.62. The molecule has 2 aromatic carbocycles. The second kappa shape index (κ2) is 7.35. The largest absolute Gasteiger partial charge is 0.457 e. The molecule has 0 bridgehead atoms. The van der Waals surface area contributed by atoms with E-state index >= 15 is 0 Å². The normalized spacial score (nSPS) is 10.0. The second-order valence-corrected chi connectivity index (χ2v) is 4.85. The van der Waals surface area contributed by atoms with E-state index in [9.17, 15) is 0 Å². The molecule has 0 aliphatic heterocycles. The molecule has 2 rings (SSSR count). The molecule has 7 nitrogen and oxygen atoms in total. The molecular weight excluding hydrogens is 296 g/mol. The van der Waals surface area contributed by atoms with Crippen LogP contribution in [-0.4, -0.2) is 17.5 Å². The Kier molecular flexibility index (Phi) is 5.80. The van der Waals surface area contributed by atoms with E-state index in [2.05, 4.69) is 4.98 Å². The quantitative estimate of drug-likeness (QED) is 0.647. The molecule has 0 heterocycles. The van der Waals surface area contributed by atoms with Crippen molar-refractivity contribution in [2.24, 2.45) is 0 Å². The lowest BCUT2D eigenvalue weighted by atomic mass is 10.2. The van der Waals surface area contributed by atoms with E-state index in [4.69, 9.17) is 27.7 Å². The zero-order valence-corrected chi connectivity index (χ0v) is 11.9. The van der Waals surface area contributed by atoms with Crippen LogP contribution in [-0.2, 0) is 10.4 Å². The molecule has 0 aliphatic rings. The van der Waals surface area contributed by atoms with Gasteiger partial charge in [-0.3, -0.25) is 9.11 Å².